The second-order valence-corrected chi connectivity index (χ2v) is 8.75. The van der Waals surface area contributed by atoms with Crippen LogP contribution in [0, 0.1) is 0 Å². The van der Waals surface area contributed by atoms with Gasteiger partial charge < -0.3 is 10.0 Å². The fourth-order valence-electron chi connectivity index (χ4n) is 2.74. The van der Waals surface area contributed by atoms with E-state index in [4.69, 9.17) is 9.02 Å². The van der Waals surface area contributed by atoms with Crippen LogP contribution in [0.2, 0.25) is 0 Å². The van der Waals surface area contributed by atoms with Crippen molar-refractivity contribution in [2.75, 3.05) is 19.9 Å². The molecule has 0 saturated carbocycles. The van der Waals surface area contributed by atoms with Gasteiger partial charge in [0.25, 0.3) is 16.0 Å². The van der Waals surface area contributed by atoms with E-state index in [-0.39, 0.29) is 24.9 Å². The zero-order valence-corrected chi connectivity index (χ0v) is 16.7. The van der Waals surface area contributed by atoms with Crippen molar-refractivity contribution in [3.63, 3.8) is 0 Å². The lowest BCUT2D eigenvalue weighted by molar-refractivity contribution is -0.199. The van der Waals surface area contributed by atoms with Crippen molar-refractivity contribution in [2.45, 2.75) is 45.4 Å². The Morgan fingerprint density at radius 3 is 2.63 bits per heavy atom. The number of H-pyrrole nitrogens is 1. The molecule has 12 heteroatoms. The van der Waals surface area contributed by atoms with Gasteiger partial charge in [-0.3, -0.25) is 18.9 Å². The monoisotopic (exact) mass is 404 g/mol. The van der Waals surface area contributed by atoms with E-state index in [1.165, 1.54) is 11.9 Å². The average molecular weight is 404 g/mol. The summed E-state index contributed by atoms with van der Waals surface area (Å²) in [4.78, 5) is 30.8. The molecule has 1 aromatic rings. The Labute approximate surface area is 157 Å². The Bertz CT molecular complexity index is 833. The van der Waals surface area contributed by atoms with Gasteiger partial charge in [0.2, 0.25) is 0 Å². The van der Waals surface area contributed by atoms with Crippen molar-refractivity contribution in [3.8, 4) is 0 Å². The lowest BCUT2D eigenvalue weighted by Gasteiger charge is -2.31. The number of rotatable bonds is 6. The summed E-state index contributed by atoms with van der Waals surface area (Å²) in [5.74, 6) is -0.559. The summed E-state index contributed by atoms with van der Waals surface area (Å²) in [7, 11) is -2.28. The molecule has 0 aromatic carbocycles. The van der Waals surface area contributed by atoms with Crippen LogP contribution in [0.15, 0.2) is 0 Å². The van der Waals surface area contributed by atoms with Gasteiger partial charge in [0, 0.05) is 25.1 Å². The minimum atomic E-state index is -3.65. The van der Waals surface area contributed by atoms with Crippen molar-refractivity contribution >= 4 is 22.1 Å². The van der Waals surface area contributed by atoms with Crippen LogP contribution in [0.25, 0.3) is 0 Å². The molecule has 2 heterocycles. The number of fused-ring (bicyclic) bond motifs is 1. The average Bonchev–Trinajstić information content (AvgIpc) is 2.92. The summed E-state index contributed by atoms with van der Waals surface area (Å²) in [6.07, 6.45) is 0.240. The third kappa shape index (κ3) is 5.17. The third-order valence-electron chi connectivity index (χ3n) is 4.05. The highest BCUT2D eigenvalue weighted by atomic mass is 32.2. The van der Waals surface area contributed by atoms with E-state index in [0.717, 1.165) is 11.3 Å². The molecule has 0 radical (unpaired) electrons. The van der Waals surface area contributed by atoms with Gasteiger partial charge in [-0.1, -0.05) is 0 Å². The number of carbonyl (C=O) groups excluding carboxylic acids is 1. The summed E-state index contributed by atoms with van der Waals surface area (Å²) >= 11 is 0. The van der Waals surface area contributed by atoms with E-state index in [2.05, 4.69) is 10.2 Å². The normalized spacial score (nSPS) is 17.5. The Hall–Kier alpha value is -2.18. The van der Waals surface area contributed by atoms with E-state index in [9.17, 15) is 23.1 Å². The summed E-state index contributed by atoms with van der Waals surface area (Å²) < 4.78 is 27.0. The Morgan fingerprint density at radius 1 is 1.44 bits per heavy atom. The number of aromatic amines is 1. The molecule has 1 unspecified atom stereocenters. The lowest BCUT2D eigenvalue weighted by Crippen LogP contribution is -2.43. The maximum absolute atomic E-state index is 12.7. The van der Waals surface area contributed by atoms with Gasteiger partial charge in [-0.15, -0.1) is 0 Å². The molecule has 2 rings (SSSR count). The van der Waals surface area contributed by atoms with Gasteiger partial charge in [-0.05, 0) is 20.8 Å². The number of nitrogens with zero attached hydrogens (tertiary/aromatic N) is 3. The number of nitrogens with one attached hydrogen (secondary N) is 1. The SMILES string of the molecule is CC1Cc2n[nH]c(C(=O)N(C)OC(C)(C)COS(C)(=O)=O)c2CN1C(=O)O. The zero-order valence-electron chi connectivity index (χ0n) is 15.8. The number of carboxylic acid groups (broad SMARTS) is 1. The molecule has 2 amide bonds. The van der Waals surface area contributed by atoms with Gasteiger partial charge >= 0.3 is 6.09 Å². The highest BCUT2D eigenvalue weighted by Gasteiger charge is 2.34. The fraction of sp³-hybridized carbons (Fsp3) is 0.667. The van der Waals surface area contributed by atoms with E-state index in [0.29, 0.717) is 17.7 Å². The van der Waals surface area contributed by atoms with Crippen LogP contribution in [0.3, 0.4) is 0 Å². The molecule has 0 fully saturated rings. The molecule has 27 heavy (non-hydrogen) atoms. The van der Waals surface area contributed by atoms with Crippen LogP contribution in [-0.2, 0) is 32.1 Å². The van der Waals surface area contributed by atoms with Crippen molar-refractivity contribution in [3.05, 3.63) is 17.0 Å². The maximum Gasteiger partial charge on any atom is 0.407 e. The summed E-state index contributed by atoms with van der Waals surface area (Å²) in [5.41, 5.74) is 0.165. The number of hydrogen-bond acceptors (Lipinski definition) is 7. The first kappa shape index (κ1) is 21.1. The molecule has 0 saturated heterocycles. The molecule has 11 nitrogen and oxygen atoms in total. The largest absolute Gasteiger partial charge is 0.465 e. The van der Waals surface area contributed by atoms with Crippen molar-refractivity contribution < 1.29 is 32.1 Å². The van der Waals surface area contributed by atoms with Gasteiger partial charge in [-0.25, -0.2) is 9.86 Å². The number of aromatic nitrogens is 2. The number of hydroxylamine groups is 2. The first-order chi connectivity index (χ1) is 12.3. The molecule has 1 aliphatic heterocycles. The minimum absolute atomic E-state index is 0.0395. The first-order valence-electron chi connectivity index (χ1n) is 8.18. The van der Waals surface area contributed by atoms with Gasteiger partial charge in [-0.2, -0.15) is 13.5 Å². The summed E-state index contributed by atoms with van der Waals surface area (Å²) in [6, 6.07) is -0.248. The van der Waals surface area contributed by atoms with E-state index >= 15 is 0 Å². The minimum Gasteiger partial charge on any atom is -0.465 e. The molecule has 0 aliphatic carbocycles. The van der Waals surface area contributed by atoms with Gasteiger partial charge in [0.15, 0.2) is 0 Å². The molecule has 0 spiro atoms. The number of carbonyl (C=O) groups is 2. The Morgan fingerprint density at radius 2 is 2.07 bits per heavy atom. The van der Waals surface area contributed by atoms with Crippen LogP contribution in [0.1, 0.15) is 42.5 Å². The van der Waals surface area contributed by atoms with Gasteiger partial charge in [0.1, 0.15) is 11.3 Å². The quantitative estimate of drug-likeness (QED) is 0.518. The Kier molecular flexibility index (Phi) is 5.82. The highest BCUT2D eigenvalue weighted by Crippen LogP contribution is 2.25. The van der Waals surface area contributed by atoms with Crippen molar-refractivity contribution in [2.24, 2.45) is 0 Å². The molecule has 2 N–H and O–H groups in total. The molecule has 1 aliphatic rings. The Balaban J connectivity index is 2.13. The molecular weight excluding hydrogens is 380 g/mol. The summed E-state index contributed by atoms with van der Waals surface area (Å²) in [5, 5.41) is 17.0. The topological polar surface area (TPSA) is 142 Å². The van der Waals surface area contributed by atoms with Crippen LogP contribution < -0.4 is 0 Å². The molecule has 1 aromatic heterocycles. The van der Waals surface area contributed by atoms with E-state index in [1.807, 2.05) is 0 Å². The van der Waals surface area contributed by atoms with Crippen molar-refractivity contribution in [1.82, 2.24) is 20.2 Å². The molecule has 0 bridgehead atoms. The standard InChI is InChI=1S/C15H24N4O7S/c1-9-6-11-10(7-19(9)14(21)22)12(17-16-11)13(20)18(4)26-15(2,3)8-25-27(5,23)24/h9H,6-8H2,1-5H3,(H,16,17)(H,21,22). The second kappa shape index (κ2) is 7.44. The van der Waals surface area contributed by atoms with Gasteiger partial charge in [0.05, 0.1) is 25.1 Å². The third-order valence-corrected chi connectivity index (χ3v) is 4.60. The van der Waals surface area contributed by atoms with Crippen LogP contribution in [0.4, 0.5) is 4.79 Å². The van der Waals surface area contributed by atoms with Crippen LogP contribution in [-0.4, -0.2) is 77.2 Å². The fourth-order valence-corrected chi connectivity index (χ4v) is 3.23. The van der Waals surface area contributed by atoms with Crippen molar-refractivity contribution in [1.29, 1.82) is 0 Å². The van der Waals surface area contributed by atoms with Crippen LogP contribution in [0.5, 0.6) is 0 Å². The van der Waals surface area contributed by atoms with E-state index < -0.39 is 27.7 Å². The summed E-state index contributed by atoms with van der Waals surface area (Å²) in [6.45, 7) is 4.66. The number of amides is 2. The predicted octanol–water partition coefficient (Wildman–Crippen LogP) is 0.593. The van der Waals surface area contributed by atoms with Crippen LogP contribution >= 0.6 is 0 Å². The molecular formula is C15H24N4O7S. The predicted molar refractivity (Wildman–Crippen MR) is 93.4 cm³/mol. The smallest absolute Gasteiger partial charge is 0.407 e. The zero-order chi connectivity index (χ0) is 20.6. The highest BCUT2D eigenvalue weighted by molar-refractivity contribution is 7.85. The lowest BCUT2D eigenvalue weighted by atomic mass is 10.00. The van der Waals surface area contributed by atoms with E-state index in [1.54, 1.807) is 20.8 Å². The molecule has 1 atom stereocenters. The number of hydrogen-bond donors (Lipinski definition) is 2. The molecule has 152 valence electrons. The second-order valence-electron chi connectivity index (χ2n) is 7.11. The maximum atomic E-state index is 12.7. The first-order valence-corrected chi connectivity index (χ1v) is 9.99.